The summed E-state index contributed by atoms with van der Waals surface area (Å²) in [5, 5.41) is 5.29. The predicted octanol–water partition coefficient (Wildman–Crippen LogP) is 4.32. The Labute approximate surface area is 122 Å². The van der Waals surface area contributed by atoms with E-state index in [0.717, 1.165) is 33.1 Å². The number of hydrogen-bond acceptors (Lipinski definition) is 2. The number of nitrogens with one attached hydrogen (secondary N) is 1. The predicted molar refractivity (Wildman–Crippen MR) is 89.2 cm³/mol. The van der Waals surface area contributed by atoms with E-state index in [4.69, 9.17) is 17.2 Å². The maximum Gasteiger partial charge on any atom is 0.135 e. The normalized spacial score (nSPS) is 10.8. The molecule has 94 valence electrons. The van der Waals surface area contributed by atoms with Crippen molar-refractivity contribution in [3.8, 4) is 0 Å². The standard InChI is InChI=1S/C15H12N2S2/c1-9-5-4-7-11-13(9)16-12-8-3-2-6-10(12)14(11)17-15(18)19/h2-8H,1H3,(H2,16,17,18,19). The first-order chi connectivity index (χ1) is 9.16. The van der Waals surface area contributed by atoms with E-state index < -0.39 is 0 Å². The molecule has 2 aromatic carbocycles. The number of para-hydroxylation sites is 2. The summed E-state index contributed by atoms with van der Waals surface area (Å²) in [6.45, 7) is 2.06. The van der Waals surface area contributed by atoms with Gasteiger partial charge >= 0.3 is 0 Å². The average molecular weight is 284 g/mol. The average Bonchev–Trinajstić information content (AvgIpc) is 2.39. The molecule has 1 heterocycles. The second-order valence-electron chi connectivity index (χ2n) is 4.41. The fraction of sp³-hybridized carbons (Fsp3) is 0.0667. The van der Waals surface area contributed by atoms with Crippen LogP contribution in [-0.2, 0) is 0 Å². The lowest BCUT2D eigenvalue weighted by molar-refractivity contribution is 1.42. The van der Waals surface area contributed by atoms with Crippen LogP contribution in [-0.4, -0.2) is 9.30 Å². The third kappa shape index (κ3) is 2.17. The molecular formula is C15H12N2S2. The van der Waals surface area contributed by atoms with Crippen molar-refractivity contribution in [3.63, 3.8) is 0 Å². The Balaban J connectivity index is 2.49. The molecule has 19 heavy (non-hydrogen) atoms. The molecule has 0 aliphatic heterocycles. The summed E-state index contributed by atoms with van der Waals surface area (Å²) in [4.78, 5) is 4.74. The SMILES string of the molecule is Cc1cccc2c(NC(=S)S)c3ccccc3nc12. The van der Waals surface area contributed by atoms with Gasteiger partial charge in [-0.3, -0.25) is 0 Å². The Kier molecular flexibility index (Phi) is 3.12. The largest absolute Gasteiger partial charge is 0.340 e. The summed E-state index contributed by atoms with van der Waals surface area (Å²) in [7, 11) is 0. The van der Waals surface area contributed by atoms with Gasteiger partial charge in [-0.2, -0.15) is 0 Å². The van der Waals surface area contributed by atoms with Crippen LogP contribution in [0.3, 0.4) is 0 Å². The zero-order valence-corrected chi connectivity index (χ0v) is 12.1. The van der Waals surface area contributed by atoms with E-state index in [0.29, 0.717) is 4.32 Å². The number of nitrogens with zero attached hydrogens (tertiary/aromatic N) is 1. The summed E-state index contributed by atoms with van der Waals surface area (Å²) in [5.41, 5.74) is 4.07. The van der Waals surface area contributed by atoms with Gasteiger partial charge in [0, 0.05) is 10.8 Å². The van der Waals surface area contributed by atoms with Crippen LogP contribution < -0.4 is 5.32 Å². The zero-order chi connectivity index (χ0) is 13.4. The summed E-state index contributed by atoms with van der Waals surface area (Å²) in [5.74, 6) is 0. The minimum absolute atomic E-state index is 0.458. The van der Waals surface area contributed by atoms with Gasteiger partial charge in [-0.05, 0) is 18.6 Å². The van der Waals surface area contributed by atoms with Crippen molar-refractivity contribution in [1.29, 1.82) is 0 Å². The molecule has 0 spiro atoms. The second kappa shape index (κ2) is 4.79. The quantitative estimate of drug-likeness (QED) is 0.395. The fourth-order valence-corrected chi connectivity index (χ4v) is 2.51. The minimum Gasteiger partial charge on any atom is -0.340 e. The van der Waals surface area contributed by atoms with Gasteiger partial charge in [-0.1, -0.05) is 48.6 Å². The lowest BCUT2D eigenvalue weighted by Crippen LogP contribution is -2.03. The first kappa shape index (κ1) is 12.4. The lowest BCUT2D eigenvalue weighted by Gasteiger charge is -2.12. The second-order valence-corrected chi connectivity index (χ2v) is 5.56. The van der Waals surface area contributed by atoms with Crippen LogP contribution >= 0.6 is 24.8 Å². The van der Waals surface area contributed by atoms with Crippen LogP contribution in [0.5, 0.6) is 0 Å². The number of aryl methyl sites for hydroxylation is 1. The van der Waals surface area contributed by atoms with E-state index in [1.165, 1.54) is 0 Å². The highest BCUT2D eigenvalue weighted by atomic mass is 32.1. The van der Waals surface area contributed by atoms with Crippen molar-refractivity contribution in [1.82, 2.24) is 4.98 Å². The minimum atomic E-state index is 0.458. The van der Waals surface area contributed by atoms with Gasteiger partial charge < -0.3 is 5.32 Å². The molecular weight excluding hydrogens is 272 g/mol. The number of benzene rings is 2. The van der Waals surface area contributed by atoms with E-state index in [-0.39, 0.29) is 0 Å². The van der Waals surface area contributed by atoms with Crippen LogP contribution in [0.25, 0.3) is 21.8 Å². The van der Waals surface area contributed by atoms with Gasteiger partial charge in [0.25, 0.3) is 0 Å². The highest BCUT2D eigenvalue weighted by Crippen LogP contribution is 2.32. The number of thiocarbonyl (C=S) groups is 1. The molecule has 0 radical (unpaired) electrons. The molecule has 1 aromatic heterocycles. The molecule has 3 rings (SSSR count). The van der Waals surface area contributed by atoms with Crippen LogP contribution in [0.4, 0.5) is 5.69 Å². The highest BCUT2D eigenvalue weighted by molar-refractivity contribution is 8.11. The van der Waals surface area contributed by atoms with E-state index >= 15 is 0 Å². The van der Waals surface area contributed by atoms with E-state index in [1.807, 2.05) is 30.3 Å². The Morgan fingerprint density at radius 2 is 1.84 bits per heavy atom. The molecule has 0 saturated heterocycles. The maximum absolute atomic E-state index is 5.07. The van der Waals surface area contributed by atoms with Crippen LogP contribution in [0, 0.1) is 6.92 Å². The molecule has 0 unspecified atom stereocenters. The molecule has 0 fully saturated rings. The molecule has 0 aliphatic rings. The molecule has 0 aliphatic carbocycles. The van der Waals surface area contributed by atoms with Crippen molar-refractivity contribution in [2.24, 2.45) is 0 Å². The summed E-state index contributed by atoms with van der Waals surface area (Å²) >= 11 is 9.26. The number of pyridine rings is 1. The topological polar surface area (TPSA) is 24.9 Å². The summed E-state index contributed by atoms with van der Waals surface area (Å²) in [6, 6.07) is 14.2. The molecule has 0 saturated carbocycles. The third-order valence-electron chi connectivity index (χ3n) is 3.14. The van der Waals surface area contributed by atoms with Gasteiger partial charge in [0.05, 0.1) is 16.7 Å². The molecule has 3 aromatic rings. The van der Waals surface area contributed by atoms with Gasteiger partial charge in [-0.15, -0.1) is 12.6 Å². The van der Waals surface area contributed by atoms with Crippen molar-refractivity contribution in [2.45, 2.75) is 6.92 Å². The van der Waals surface area contributed by atoms with Gasteiger partial charge in [0.1, 0.15) is 4.32 Å². The lowest BCUT2D eigenvalue weighted by atomic mass is 10.1. The summed E-state index contributed by atoms with van der Waals surface area (Å²) in [6.07, 6.45) is 0. The number of anilines is 1. The number of hydrogen-bond donors (Lipinski definition) is 2. The van der Waals surface area contributed by atoms with Gasteiger partial charge in [0.15, 0.2) is 0 Å². The number of fused-ring (bicyclic) bond motifs is 2. The van der Waals surface area contributed by atoms with Gasteiger partial charge in [-0.25, -0.2) is 4.98 Å². The highest BCUT2D eigenvalue weighted by Gasteiger charge is 2.10. The molecule has 4 heteroatoms. The Morgan fingerprint density at radius 1 is 1.11 bits per heavy atom. The molecule has 0 bridgehead atoms. The van der Waals surface area contributed by atoms with Gasteiger partial charge in [0.2, 0.25) is 0 Å². The van der Waals surface area contributed by atoms with Crippen molar-refractivity contribution in [2.75, 3.05) is 5.32 Å². The number of thiol groups is 1. The molecule has 0 amide bonds. The number of aromatic nitrogens is 1. The van der Waals surface area contributed by atoms with E-state index in [2.05, 4.69) is 37.0 Å². The molecule has 1 N–H and O–H groups in total. The summed E-state index contributed by atoms with van der Waals surface area (Å²) < 4.78 is 0.458. The van der Waals surface area contributed by atoms with Crippen LogP contribution in [0.1, 0.15) is 5.56 Å². The third-order valence-corrected chi connectivity index (χ3v) is 3.36. The Hall–Kier alpha value is -1.65. The zero-order valence-electron chi connectivity index (χ0n) is 10.3. The Morgan fingerprint density at radius 3 is 2.63 bits per heavy atom. The van der Waals surface area contributed by atoms with E-state index in [9.17, 15) is 0 Å². The monoisotopic (exact) mass is 284 g/mol. The smallest absolute Gasteiger partial charge is 0.135 e. The van der Waals surface area contributed by atoms with Crippen molar-refractivity contribution < 1.29 is 0 Å². The molecule has 0 atom stereocenters. The Bertz CT molecular complexity index is 797. The first-order valence-electron chi connectivity index (χ1n) is 5.95. The fourth-order valence-electron chi connectivity index (χ4n) is 2.30. The first-order valence-corrected chi connectivity index (χ1v) is 6.80. The maximum atomic E-state index is 5.07. The number of rotatable bonds is 1. The van der Waals surface area contributed by atoms with Crippen LogP contribution in [0.2, 0.25) is 0 Å². The van der Waals surface area contributed by atoms with Crippen molar-refractivity contribution in [3.05, 3.63) is 48.0 Å². The van der Waals surface area contributed by atoms with E-state index in [1.54, 1.807) is 0 Å². The molecule has 2 nitrogen and oxygen atoms in total. The van der Waals surface area contributed by atoms with Crippen molar-refractivity contribution >= 4 is 56.7 Å². The van der Waals surface area contributed by atoms with Crippen LogP contribution in [0.15, 0.2) is 42.5 Å².